The van der Waals surface area contributed by atoms with Gasteiger partial charge >= 0.3 is 0 Å². The first-order valence-electron chi connectivity index (χ1n) is 4.00. The van der Waals surface area contributed by atoms with Crippen molar-refractivity contribution >= 4 is 93.1 Å². The Kier molecular flexibility index (Phi) is 6.76. The van der Waals surface area contributed by atoms with Crippen LogP contribution in [0.25, 0.3) is 0 Å². The van der Waals surface area contributed by atoms with E-state index in [1.54, 1.807) is 0 Å². The Morgan fingerprint density at radius 1 is 0.769 bits per heavy atom. The van der Waals surface area contributed by atoms with Gasteiger partial charge in [-0.2, -0.15) is 0 Å². The van der Waals surface area contributed by atoms with Gasteiger partial charge in [0.05, 0.1) is 0 Å². The van der Waals surface area contributed by atoms with E-state index in [1.165, 1.54) is 7.06 Å². The Hall–Kier alpha value is 0.844. The van der Waals surface area contributed by atoms with E-state index in [1.807, 2.05) is 0 Å². The Labute approximate surface area is 93.3 Å². The van der Waals surface area contributed by atoms with Crippen LogP contribution in [-0.4, -0.2) is 93.1 Å². The van der Waals surface area contributed by atoms with Crippen molar-refractivity contribution in [3.63, 3.8) is 0 Å². The fourth-order valence-corrected chi connectivity index (χ4v) is 1.28. The molecule has 0 nitrogen and oxygen atoms in total. The molecule has 40 valence electrons. The molecule has 0 aromatic carbocycles. The molecule has 0 spiro atoms. The zero-order valence-electron chi connectivity index (χ0n) is 7.51. The summed E-state index contributed by atoms with van der Waals surface area (Å²) in [5.41, 5.74) is 0. The zero-order valence-corrected chi connectivity index (χ0v) is 7.51. The minimum Gasteiger partial charge on any atom is -0.690 e. The van der Waals surface area contributed by atoms with Crippen molar-refractivity contribution in [2.45, 2.75) is 0 Å². The monoisotopic (exact) mass is 143 g/mol. The normalized spacial score (nSPS) is 8.69. The predicted molar refractivity (Wildman–Crippen MR) is 74.8 cm³/mol. The molecule has 0 aromatic heterocycles. The standard InChI is InChI=1S/B13/c1-8-12(9(2)3)13(10(4)5)11(6)7/q-1. The van der Waals surface area contributed by atoms with Crippen LogP contribution in [0.15, 0.2) is 0 Å². The van der Waals surface area contributed by atoms with Gasteiger partial charge in [0.1, 0.15) is 0 Å². The highest BCUT2D eigenvalue weighted by molar-refractivity contribution is 8.07. The second kappa shape index (κ2) is 6.35. The number of rotatable bonds is 5. The van der Waals surface area contributed by atoms with Gasteiger partial charge in [0, 0.05) is 0 Å². The number of hydrogen-bond acceptors (Lipinski definition) is 0. The van der Waals surface area contributed by atoms with Gasteiger partial charge in [-0.1, -0.05) is 0 Å². The second-order valence-electron chi connectivity index (χ2n) is 3.08. The lowest BCUT2D eigenvalue weighted by Crippen LogP contribution is -2.69. The van der Waals surface area contributed by atoms with Gasteiger partial charge < -0.3 is 7.74 Å². The van der Waals surface area contributed by atoms with E-state index < -0.39 is 25.5 Å². The summed E-state index contributed by atoms with van der Waals surface area (Å²) in [4.78, 5) is 0. The van der Waals surface area contributed by atoms with Crippen molar-refractivity contribution < 1.29 is 0 Å². The van der Waals surface area contributed by atoms with Crippen molar-refractivity contribution in [3.8, 4) is 0 Å². The van der Waals surface area contributed by atoms with Gasteiger partial charge in [0.2, 0.25) is 0 Å². The summed E-state index contributed by atoms with van der Waals surface area (Å²) in [6, 6.07) is 0. The highest BCUT2D eigenvalue weighted by Crippen LogP contribution is 1.94. The van der Waals surface area contributed by atoms with E-state index in [0.29, 0.717) is 0 Å². The first kappa shape index (κ1) is 13.8. The van der Waals surface area contributed by atoms with Crippen LogP contribution in [0.5, 0.6) is 0 Å². The fourth-order valence-electron chi connectivity index (χ4n) is 1.28. The van der Waals surface area contributed by atoms with Crippen LogP contribution in [0.1, 0.15) is 0 Å². The lowest BCUT2D eigenvalue weighted by Gasteiger charge is -2.35. The number of hydrogen-bond donors (Lipinski definition) is 0. The molecule has 13 heavy (non-hydrogen) atoms. The largest absolute Gasteiger partial charge is 0.690 e. The Balaban J connectivity index is 4.49. The topological polar surface area (TPSA) is 0 Å². The molecule has 0 aliphatic carbocycles. The molecule has 0 amide bonds. The van der Waals surface area contributed by atoms with Crippen LogP contribution < -0.4 is 0 Å². The molecule has 0 heterocycles. The molecule has 0 atom stereocenters. The lowest BCUT2D eigenvalue weighted by atomic mass is 8.50. The summed E-state index contributed by atoms with van der Waals surface area (Å²) >= 11 is 0. The summed E-state index contributed by atoms with van der Waals surface area (Å²) in [5, 5.41) is 0. The van der Waals surface area contributed by atoms with Gasteiger partial charge in [-0.25, -0.2) is 0 Å². The average molecular weight is 141 g/mol. The van der Waals surface area contributed by atoms with Crippen LogP contribution >= 0.6 is 0 Å². The zero-order chi connectivity index (χ0) is 10.6. The predicted octanol–water partition coefficient (Wildman–Crippen LogP) is -4.95. The molecule has 0 aliphatic heterocycles. The minimum atomic E-state index is -0.695. The molecule has 0 fully saturated rings. The third-order valence-electron chi connectivity index (χ3n) is 2.00. The highest BCUT2D eigenvalue weighted by atomic mass is 13.1. The molecular formula is B13-. The van der Waals surface area contributed by atoms with Crippen molar-refractivity contribution in [1.29, 1.82) is 0 Å². The molecule has 0 bridgehead atoms. The molecule has 13 heteroatoms. The van der Waals surface area contributed by atoms with Gasteiger partial charge in [-0.3, -0.25) is 7.06 Å². The lowest BCUT2D eigenvalue weighted by molar-refractivity contribution is 3.45. The van der Waals surface area contributed by atoms with Crippen molar-refractivity contribution in [1.82, 2.24) is 0 Å². The van der Waals surface area contributed by atoms with Crippen LogP contribution in [0.2, 0.25) is 0 Å². The first-order chi connectivity index (χ1) is 5.91. The maximum Gasteiger partial charge on any atom is -0.00000167 e. The van der Waals surface area contributed by atoms with Crippen molar-refractivity contribution in [2.75, 3.05) is 0 Å². The van der Waals surface area contributed by atoms with Gasteiger partial charge in [0.15, 0.2) is 0 Å². The Morgan fingerprint density at radius 2 is 1.15 bits per heavy atom. The minimum absolute atomic E-state index is 0.389. The third kappa shape index (κ3) is 4.25. The van der Waals surface area contributed by atoms with E-state index in [2.05, 4.69) is 0 Å². The molecule has 0 N–H and O–H groups in total. The highest BCUT2D eigenvalue weighted by Gasteiger charge is 2.29. The van der Waals surface area contributed by atoms with E-state index >= 15 is 0 Å². The van der Waals surface area contributed by atoms with Gasteiger partial charge in [-0.15, -0.1) is 0 Å². The quantitative estimate of drug-likeness (QED) is 0.336. The van der Waals surface area contributed by atoms with E-state index in [-0.39, 0.29) is 6.39 Å². The first-order valence-corrected chi connectivity index (χ1v) is 4.00. The third-order valence-corrected chi connectivity index (χ3v) is 2.00. The molecule has 0 saturated heterocycles. The molecule has 16 radical (unpaired) electrons. The summed E-state index contributed by atoms with van der Waals surface area (Å²) in [7, 11) is 39.5. The Morgan fingerprint density at radius 3 is 1.23 bits per heavy atom. The van der Waals surface area contributed by atoms with Crippen LogP contribution in [-0.2, 0) is 0 Å². The van der Waals surface area contributed by atoms with Crippen LogP contribution in [0.3, 0.4) is 0 Å². The van der Waals surface area contributed by atoms with Crippen LogP contribution in [0.4, 0.5) is 0 Å². The SMILES string of the molecule is [B]B([B])B([B][B-])B(B([B])[B])B([B])[B]. The Bertz CT molecular complexity index is 114. The van der Waals surface area contributed by atoms with Gasteiger partial charge in [0.25, 0.3) is 0 Å². The molecule has 0 aliphatic rings. The molecule has 0 rings (SSSR count). The summed E-state index contributed by atoms with van der Waals surface area (Å²) < 4.78 is 0. The molecule has 0 unspecified atom stereocenters. The molecule has 0 aromatic rings. The van der Waals surface area contributed by atoms with Crippen molar-refractivity contribution in [2.24, 2.45) is 0 Å². The summed E-state index contributed by atoms with van der Waals surface area (Å²) in [6.07, 6.45) is -2.87. The van der Waals surface area contributed by atoms with Crippen molar-refractivity contribution in [3.05, 3.63) is 0 Å². The molecular weight excluding hydrogens is 141 g/mol. The summed E-state index contributed by atoms with van der Waals surface area (Å²) in [6.45, 7) is 0. The maximum atomic E-state index is 5.48. The van der Waals surface area contributed by atoms with E-state index in [9.17, 15) is 0 Å². The smallest absolute Gasteiger partial charge is 0.00000167 e. The van der Waals surface area contributed by atoms with Gasteiger partial charge in [-0.05, 0) is 78.3 Å². The van der Waals surface area contributed by atoms with E-state index in [0.717, 1.165) is 0 Å². The summed E-state index contributed by atoms with van der Waals surface area (Å²) in [5.74, 6) is 0. The maximum absolute atomic E-state index is 5.48. The second-order valence-corrected chi connectivity index (χ2v) is 3.08. The fraction of sp³-hybridized carbons (Fsp3) is 0. The van der Waals surface area contributed by atoms with E-state index in [4.69, 9.17) is 54.2 Å². The molecule has 0 saturated carbocycles. The van der Waals surface area contributed by atoms with Crippen LogP contribution in [0, 0.1) is 0 Å². The average Bonchev–Trinajstić information content (AvgIpc) is 1.97.